The van der Waals surface area contributed by atoms with Crippen molar-refractivity contribution in [3.8, 4) is 0 Å². The van der Waals surface area contributed by atoms with Crippen molar-refractivity contribution in [3.05, 3.63) is 40.0 Å². The lowest BCUT2D eigenvalue weighted by atomic mass is 10.1. The van der Waals surface area contributed by atoms with Crippen LogP contribution in [0.2, 0.25) is 16.6 Å². The number of carbonyl (C=O) groups is 1. The first-order chi connectivity index (χ1) is 16.1. The van der Waals surface area contributed by atoms with E-state index in [2.05, 4.69) is 72.8 Å². The fourth-order valence-electron chi connectivity index (χ4n) is 5.71. The minimum Gasteiger partial charge on any atom is -0.413 e. The second-order valence-corrected chi connectivity index (χ2v) is 17.2. The van der Waals surface area contributed by atoms with E-state index in [9.17, 15) is 9.90 Å². The fourth-order valence-corrected chi connectivity index (χ4v) is 12.7. The molecule has 188 valence electrons. The molecule has 2 heterocycles. The number of aliphatic hydroxyl groups is 1. The number of hydrogen-bond acceptors (Lipinski definition) is 7. The Kier molecular flexibility index (Phi) is 9.48. The van der Waals surface area contributed by atoms with Crippen LogP contribution in [-0.4, -0.2) is 47.9 Å². The van der Waals surface area contributed by atoms with Gasteiger partial charge in [0.2, 0.25) is 14.1 Å². The second-order valence-electron chi connectivity index (χ2n) is 10.3. The Balaban J connectivity index is 1.80. The van der Waals surface area contributed by atoms with Crippen molar-refractivity contribution in [2.24, 2.45) is 5.92 Å². The number of nitrogens with zero attached hydrogens (tertiary/aromatic N) is 2. The number of thiophene rings is 1. The molecule has 0 unspecified atom stereocenters. The summed E-state index contributed by atoms with van der Waals surface area (Å²) in [7, 11) is -2.07. The lowest BCUT2D eigenvalue weighted by molar-refractivity contribution is 0.0941. The van der Waals surface area contributed by atoms with Crippen molar-refractivity contribution < 1.29 is 14.3 Å². The monoisotopic (exact) mass is 567 g/mol. The predicted octanol–water partition coefficient (Wildman–Crippen LogP) is 6.41. The van der Waals surface area contributed by atoms with Gasteiger partial charge in [-0.2, -0.15) is 0 Å². The average molecular weight is 569 g/mol. The summed E-state index contributed by atoms with van der Waals surface area (Å²) < 4.78 is 7.05. The van der Waals surface area contributed by atoms with Gasteiger partial charge in [0.15, 0.2) is 0 Å². The second kappa shape index (κ2) is 11.7. The Morgan fingerprint density at radius 2 is 1.91 bits per heavy atom. The molecule has 1 aliphatic carbocycles. The first-order valence-corrected chi connectivity index (χ1v) is 16.3. The number of halogens is 1. The number of aliphatic hydroxyl groups excluding tert-OH is 1. The maximum atomic E-state index is 13.2. The molecule has 3 atom stereocenters. The Hall–Kier alpha value is -1.13. The van der Waals surface area contributed by atoms with E-state index in [1.165, 1.54) is 17.7 Å². The zero-order chi connectivity index (χ0) is 25.0. The Morgan fingerprint density at radius 1 is 1.24 bits per heavy atom. The van der Waals surface area contributed by atoms with Gasteiger partial charge in [-0.15, -0.1) is 11.3 Å². The normalized spacial score (nSPS) is 21.1. The quantitative estimate of drug-likeness (QED) is 0.185. The van der Waals surface area contributed by atoms with Crippen LogP contribution in [0, 0.1) is 5.92 Å². The molecule has 0 amide bonds. The van der Waals surface area contributed by atoms with Gasteiger partial charge < -0.3 is 14.8 Å². The van der Waals surface area contributed by atoms with E-state index in [4.69, 9.17) is 4.43 Å². The van der Waals surface area contributed by atoms with Crippen LogP contribution in [-0.2, 0) is 9.76 Å². The SMILES string of the molecule is CC(C)[Si](O[C@H]1C[C@H](Nc2ncncc2C(=O)c2cc(CBr)cs2)C[C@@H]1CO)(C(C)C)C(C)C. The molecule has 1 aliphatic rings. The molecule has 0 radical (unpaired) electrons. The first kappa shape index (κ1) is 27.5. The summed E-state index contributed by atoms with van der Waals surface area (Å²) in [6.45, 7) is 13.8. The van der Waals surface area contributed by atoms with Crippen LogP contribution >= 0.6 is 27.3 Å². The van der Waals surface area contributed by atoms with Crippen molar-refractivity contribution in [2.45, 2.75) is 88.5 Å². The highest BCUT2D eigenvalue weighted by atomic mass is 79.9. The van der Waals surface area contributed by atoms with Crippen LogP contribution in [0.15, 0.2) is 24.0 Å². The van der Waals surface area contributed by atoms with Gasteiger partial charge in [-0.1, -0.05) is 57.5 Å². The molecule has 34 heavy (non-hydrogen) atoms. The highest BCUT2D eigenvalue weighted by molar-refractivity contribution is 9.08. The Morgan fingerprint density at radius 3 is 2.47 bits per heavy atom. The zero-order valence-electron chi connectivity index (χ0n) is 21.0. The lowest BCUT2D eigenvalue weighted by Gasteiger charge is -2.45. The summed E-state index contributed by atoms with van der Waals surface area (Å²) >= 11 is 4.88. The number of rotatable bonds is 11. The fraction of sp³-hybridized carbons (Fsp3) is 0.640. The first-order valence-electron chi connectivity index (χ1n) is 12.2. The van der Waals surface area contributed by atoms with Crippen LogP contribution in [0.4, 0.5) is 5.82 Å². The predicted molar refractivity (Wildman–Crippen MR) is 146 cm³/mol. The Labute approximate surface area is 217 Å². The summed E-state index contributed by atoms with van der Waals surface area (Å²) in [4.78, 5) is 22.4. The number of aromatic nitrogens is 2. The summed E-state index contributed by atoms with van der Waals surface area (Å²) in [5.41, 5.74) is 3.01. The van der Waals surface area contributed by atoms with Gasteiger partial charge in [0.05, 0.1) is 16.5 Å². The van der Waals surface area contributed by atoms with Crippen molar-refractivity contribution in [2.75, 3.05) is 11.9 Å². The van der Waals surface area contributed by atoms with E-state index in [0.29, 0.717) is 38.2 Å². The minimum atomic E-state index is -2.07. The van der Waals surface area contributed by atoms with Crippen molar-refractivity contribution in [1.82, 2.24) is 9.97 Å². The van der Waals surface area contributed by atoms with Crippen molar-refractivity contribution >= 4 is 47.2 Å². The highest BCUT2D eigenvalue weighted by Crippen LogP contribution is 2.46. The third-order valence-corrected chi connectivity index (χ3v) is 15.0. The molecule has 6 nitrogen and oxygen atoms in total. The van der Waals surface area contributed by atoms with E-state index in [1.54, 1.807) is 6.20 Å². The molecule has 1 fully saturated rings. The van der Waals surface area contributed by atoms with E-state index < -0.39 is 8.32 Å². The van der Waals surface area contributed by atoms with E-state index in [-0.39, 0.29) is 30.5 Å². The van der Waals surface area contributed by atoms with Gasteiger partial charge in [-0.05, 0) is 46.5 Å². The molecule has 3 rings (SSSR count). The van der Waals surface area contributed by atoms with Crippen LogP contribution in [0.3, 0.4) is 0 Å². The lowest BCUT2D eigenvalue weighted by Crippen LogP contribution is -2.51. The summed E-state index contributed by atoms with van der Waals surface area (Å²) in [6, 6.07) is 1.98. The molecule has 9 heteroatoms. The van der Waals surface area contributed by atoms with Gasteiger partial charge in [0.25, 0.3) is 0 Å². The summed E-state index contributed by atoms with van der Waals surface area (Å²) in [5, 5.41) is 16.4. The minimum absolute atomic E-state index is 0.00105. The topological polar surface area (TPSA) is 84.3 Å². The molecule has 0 bridgehead atoms. The van der Waals surface area contributed by atoms with Gasteiger partial charge >= 0.3 is 0 Å². The molecule has 2 aromatic heterocycles. The summed E-state index contributed by atoms with van der Waals surface area (Å²) in [6.07, 6.45) is 4.63. The molecular formula is C25H38BrN3O3SSi. The van der Waals surface area contributed by atoms with E-state index in [1.807, 2.05) is 11.4 Å². The number of carbonyl (C=O) groups excluding carboxylic acids is 1. The molecule has 2 N–H and O–H groups in total. The van der Waals surface area contributed by atoms with E-state index >= 15 is 0 Å². The molecule has 2 aromatic rings. The smallest absolute Gasteiger partial charge is 0.208 e. The van der Waals surface area contributed by atoms with Gasteiger partial charge in [-0.25, -0.2) is 9.97 Å². The molecule has 0 spiro atoms. The molecule has 0 aliphatic heterocycles. The van der Waals surface area contributed by atoms with Crippen LogP contribution < -0.4 is 5.32 Å². The average Bonchev–Trinajstić information content (AvgIpc) is 3.43. The standard InChI is InChI=1S/C25H38BrN3O3SSi/c1-15(2)34(16(3)4,17(5)6)32-22-9-20(8-19(22)12-30)29-25-21(11-27-14-28-25)24(31)23-7-18(10-26)13-33-23/h7,11,13-17,19-20,22,30H,8-10,12H2,1-6H3,(H,27,28,29)/t19-,20-,22+/m1/s1. The molecular weight excluding hydrogens is 530 g/mol. The van der Waals surface area contributed by atoms with Crippen molar-refractivity contribution in [1.29, 1.82) is 0 Å². The Bertz CT molecular complexity index is 947. The van der Waals surface area contributed by atoms with Crippen LogP contribution in [0.5, 0.6) is 0 Å². The molecule has 1 saturated carbocycles. The molecule has 0 saturated heterocycles. The van der Waals surface area contributed by atoms with Crippen LogP contribution in [0.1, 0.15) is 75.2 Å². The van der Waals surface area contributed by atoms with Gasteiger partial charge in [-0.3, -0.25) is 4.79 Å². The third-order valence-electron chi connectivity index (χ3n) is 7.26. The number of alkyl halides is 1. The van der Waals surface area contributed by atoms with E-state index in [0.717, 1.165) is 18.4 Å². The maximum absolute atomic E-state index is 13.2. The maximum Gasteiger partial charge on any atom is 0.208 e. The van der Waals surface area contributed by atoms with Gasteiger partial charge in [0.1, 0.15) is 12.1 Å². The largest absolute Gasteiger partial charge is 0.413 e. The highest BCUT2D eigenvalue weighted by Gasteiger charge is 2.49. The molecule has 0 aromatic carbocycles. The van der Waals surface area contributed by atoms with Crippen molar-refractivity contribution in [3.63, 3.8) is 0 Å². The summed E-state index contributed by atoms with van der Waals surface area (Å²) in [5.74, 6) is 0.548. The third kappa shape index (κ3) is 5.64. The number of hydrogen-bond donors (Lipinski definition) is 2. The number of nitrogens with one attached hydrogen (secondary N) is 1. The zero-order valence-corrected chi connectivity index (χ0v) is 24.4. The number of ketones is 1. The van der Waals surface area contributed by atoms with Gasteiger partial charge in [0, 0.05) is 30.1 Å². The number of anilines is 1. The van der Waals surface area contributed by atoms with Crippen LogP contribution in [0.25, 0.3) is 0 Å².